The van der Waals surface area contributed by atoms with E-state index in [4.69, 9.17) is 0 Å². The number of likely N-dealkylation sites (tertiary alicyclic amines) is 1. The molecule has 1 saturated carbocycles. The van der Waals surface area contributed by atoms with Crippen LogP contribution >= 0.6 is 0 Å². The molecule has 20 heavy (non-hydrogen) atoms. The Labute approximate surface area is 120 Å². The van der Waals surface area contributed by atoms with Gasteiger partial charge in [-0.3, -0.25) is 4.79 Å². The number of aliphatic hydroxyl groups excluding tert-OH is 1. The molecular formula is C17H23NO2. The Hall–Kier alpha value is -1.35. The fourth-order valence-electron chi connectivity index (χ4n) is 3.69. The van der Waals surface area contributed by atoms with Crippen molar-refractivity contribution in [1.82, 2.24) is 4.90 Å². The highest BCUT2D eigenvalue weighted by molar-refractivity contribution is 5.76. The first-order valence-corrected chi connectivity index (χ1v) is 7.74. The number of amides is 1. The van der Waals surface area contributed by atoms with Crippen molar-refractivity contribution in [3.63, 3.8) is 0 Å². The van der Waals surface area contributed by atoms with Crippen molar-refractivity contribution in [2.75, 3.05) is 13.1 Å². The summed E-state index contributed by atoms with van der Waals surface area (Å²) in [5, 5.41) is 9.89. The van der Waals surface area contributed by atoms with E-state index in [9.17, 15) is 9.90 Å². The van der Waals surface area contributed by atoms with Crippen LogP contribution in [0.3, 0.4) is 0 Å². The molecule has 3 unspecified atom stereocenters. The van der Waals surface area contributed by atoms with Crippen molar-refractivity contribution in [3.05, 3.63) is 35.9 Å². The van der Waals surface area contributed by atoms with Crippen molar-refractivity contribution in [2.45, 2.75) is 38.2 Å². The Morgan fingerprint density at radius 1 is 1.20 bits per heavy atom. The zero-order valence-electron chi connectivity index (χ0n) is 11.9. The second-order valence-corrected chi connectivity index (χ2v) is 6.21. The number of aliphatic hydroxyl groups is 1. The van der Waals surface area contributed by atoms with E-state index in [1.165, 1.54) is 5.56 Å². The van der Waals surface area contributed by atoms with Crippen molar-refractivity contribution in [2.24, 2.45) is 11.8 Å². The second kappa shape index (κ2) is 5.96. The first-order chi connectivity index (χ1) is 9.74. The molecule has 3 rings (SSSR count). The highest BCUT2D eigenvalue weighted by Crippen LogP contribution is 2.38. The van der Waals surface area contributed by atoms with E-state index in [0.717, 1.165) is 38.8 Å². The maximum Gasteiger partial charge on any atom is 0.222 e. The molecule has 1 saturated heterocycles. The van der Waals surface area contributed by atoms with Crippen LogP contribution in [0.2, 0.25) is 0 Å². The molecule has 0 spiro atoms. The number of carbonyl (C=O) groups is 1. The molecule has 1 aliphatic carbocycles. The second-order valence-electron chi connectivity index (χ2n) is 6.21. The Balaban J connectivity index is 1.44. The third kappa shape index (κ3) is 2.88. The molecule has 0 aromatic heterocycles. The summed E-state index contributed by atoms with van der Waals surface area (Å²) in [6.45, 7) is 1.64. The molecule has 3 atom stereocenters. The van der Waals surface area contributed by atoms with E-state index in [1.807, 2.05) is 23.1 Å². The monoisotopic (exact) mass is 273 g/mol. The number of benzene rings is 1. The van der Waals surface area contributed by atoms with Gasteiger partial charge in [-0.05, 0) is 37.2 Å². The van der Waals surface area contributed by atoms with E-state index in [-0.39, 0.29) is 12.0 Å². The predicted octanol–water partition coefficient (Wildman–Crippen LogP) is 2.24. The summed E-state index contributed by atoms with van der Waals surface area (Å²) in [6, 6.07) is 10.3. The van der Waals surface area contributed by atoms with Crippen molar-refractivity contribution in [1.29, 1.82) is 0 Å². The lowest BCUT2D eigenvalue weighted by Gasteiger charge is -2.18. The largest absolute Gasteiger partial charge is 0.393 e. The first kappa shape index (κ1) is 13.6. The van der Waals surface area contributed by atoms with Crippen LogP contribution in [0.25, 0.3) is 0 Å². The van der Waals surface area contributed by atoms with E-state index in [1.54, 1.807) is 0 Å². The molecule has 0 bridgehead atoms. The maximum atomic E-state index is 12.2. The maximum absolute atomic E-state index is 12.2. The number of hydrogen-bond donors (Lipinski definition) is 1. The summed E-state index contributed by atoms with van der Waals surface area (Å²) < 4.78 is 0. The van der Waals surface area contributed by atoms with Crippen LogP contribution in [0.15, 0.2) is 30.3 Å². The number of rotatable bonds is 4. The zero-order chi connectivity index (χ0) is 13.9. The average molecular weight is 273 g/mol. The van der Waals surface area contributed by atoms with Crippen LogP contribution in [-0.2, 0) is 11.2 Å². The summed E-state index contributed by atoms with van der Waals surface area (Å²) in [7, 11) is 0. The molecule has 3 nitrogen and oxygen atoms in total. The highest BCUT2D eigenvalue weighted by atomic mass is 16.3. The summed E-state index contributed by atoms with van der Waals surface area (Å²) in [6.07, 6.45) is 4.34. The molecule has 1 aromatic rings. The number of carbonyl (C=O) groups excluding carboxylic acids is 1. The molecule has 1 aromatic carbocycles. The van der Waals surface area contributed by atoms with Crippen molar-refractivity contribution in [3.8, 4) is 0 Å². The van der Waals surface area contributed by atoms with E-state index < -0.39 is 0 Å². The van der Waals surface area contributed by atoms with E-state index >= 15 is 0 Å². The molecule has 2 fully saturated rings. The smallest absolute Gasteiger partial charge is 0.222 e. The van der Waals surface area contributed by atoms with Gasteiger partial charge in [0.25, 0.3) is 0 Å². The van der Waals surface area contributed by atoms with Crippen LogP contribution < -0.4 is 0 Å². The zero-order valence-corrected chi connectivity index (χ0v) is 11.9. The lowest BCUT2D eigenvalue weighted by Crippen LogP contribution is -2.30. The Bertz CT molecular complexity index is 459. The van der Waals surface area contributed by atoms with Gasteiger partial charge in [-0.15, -0.1) is 0 Å². The lowest BCUT2D eigenvalue weighted by atomic mass is 10.00. The van der Waals surface area contributed by atoms with Crippen LogP contribution in [0, 0.1) is 11.8 Å². The van der Waals surface area contributed by atoms with Gasteiger partial charge in [0.1, 0.15) is 0 Å². The van der Waals surface area contributed by atoms with Crippen molar-refractivity contribution >= 4 is 5.91 Å². The Morgan fingerprint density at radius 3 is 2.75 bits per heavy atom. The van der Waals surface area contributed by atoms with Gasteiger partial charge in [0.05, 0.1) is 6.10 Å². The van der Waals surface area contributed by atoms with Crippen molar-refractivity contribution < 1.29 is 9.90 Å². The Morgan fingerprint density at radius 2 is 2.00 bits per heavy atom. The third-order valence-electron chi connectivity index (χ3n) is 4.87. The minimum atomic E-state index is -0.179. The van der Waals surface area contributed by atoms with Gasteiger partial charge in [0.15, 0.2) is 0 Å². The van der Waals surface area contributed by atoms with Crippen LogP contribution in [0.5, 0.6) is 0 Å². The predicted molar refractivity (Wildman–Crippen MR) is 78.2 cm³/mol. The van der Waals surface area contributed by atoms with Gasteiger partial charge in [-0.1, -0.05) is 30.3 Å². The normalized spacial score (nSPS) is 28.6. The summed E-state index contributed by atoms with van der Waals surface area (Å²) in [5.74, 6) is 1.15. The van der Waals surface area contributed by atoms with Crippen LogP contribution in [-0.4, -0.2) is 35.1 Å². The third-order valence-corrected chi connectivity index (χ3v) is 4.87. The van der Waals surface area contributed by atoms with E-state index in [2.05, 4.69) is 12.1 Å². The molecule has 108 valence electrons. The van der Waals surface area contributed by atoms with Gasteiger partial charge in [0.2, 0.25) is 5.91 Å². The van der Waals surface area contributed by atoms with Gasteiger partial charge in [-0.25, -0.2) is 0 Å². The molecule has 1 heterocycles. The molecular weight excluding hydrogens is 250 g/mol. The van der Waals surface area contributed by atoms with Gasteiger partial charge in [-0.2, -0.15) is 0 Å². The molecule has 2 aliphatic rings. The molecule has 0 radical (unpaired) electrons. The number of hydrogen-bond acceptors (Lipinski definition) is 2. The van der Waals surface area contributed by atoms with Crippen LogP contribution in [0.1, 0.15) is 31.2 Å². The fraction of sp³-hybridized carbons (Fsp3) is 0.588. The molecule has 1 aliphatic heterocycles. The lowest BCUT2D eigenvalue weighted by molar-refractivity contribution is -0.130. The summed E-state index contributed by atoms with van der Waals surface area (Å²) >= 11 is 0. The number of fused-ring (bicyclic) bond motifs is 1. The highest BCUT2D eigenvalue weighted by Gasteiger charge is 2.42. The summed E-state index contributed by atoms with van der Waals surface area (Å²) in [4.78, 5) is 14.2. The van der Waals surface area contributed by atoms with Gasteiger partial charge in [0, 0.05) is 25.4 Å². The van der Waals surface area contributed by atoms with E-state index in [0.29, 0.717) is 18.3 Å². The number of aryl methyl sites for hydroxylation is 1. The SMILES string of the molecule is O=C(CCCc1ccccc1)N1CC2CCC(O)C2C1. The topological polar surface area (TPSA) is 40.5 Å². The summed E-state index contributed by atoms with van der Waals surface area (Å²) in [5.41, 5.74) is 1.30. The van der Waals surface area contributed by atoms with Gasteiger partial charge < -0.3 is 10.0 Å². The van der Waals surface area contributed by atoms with Gasteiger partial charge >= 0.3 is 0 Å². The molecule has 1 N–H and O–H groups in total. The molecule has 3 heteroatoms. The number of nitrogens with zero attached hydrogens (tertiary/aromatic N) is 1. The fourth-order valence-corrected chi connectivity index (χ4v) is 3.69. The standard InChI is InChI=1S/C17H23NO2/c19-16-10-9-14-11-18(12-15(14)16)17(20)8-4-7-13-5-2-1-3-6-13/h1-3,5-6,14-16,19H,4,7-12H2. The Kier molecular flexibility index (Phi) is 4.06. The van der Waals surface area contributed by atoms with Crippen LogP contribution in [0.4, 0.5) is 0 Å². The first-order valence-electron chi connectivity index (χ1n) is 7.74. The quantitative estimate of drug-likeness (QED) is 0.914. The minimum absolute atomic E-state index is 0.179. The minimum Gasteiger partial charge on any atom is -0.393 e. The molecule has 1 amide bonds. The average Bonchev–Trinajstić information content (AvgIpc) is 3.03.